The number of hydrogen-bond donors (Lipinski definition) is 2. The molecule has 0 saturated carbocycles. The summed E-state index contributed by atoms with van der Waals surface area (Å²) in [6.45, 7) is 2.96. The van der Waals surface area contributed by atoms with Gasteiger partial charge in [-0.15, -0.1) is 0 Å². The Morgan fingerprint density at radius 3 is 2.61 bits per heavy atom. The van der Waals surface area contributed by atoms with E-state index >= 15 is 0 Å². The lowest BCUT2D eigenvalue weighted by Gasteiger charge is -2.37. The molecular formula is C13H18BNO3. The summed E-state index contributed by atoms with van der Waals surface area (Å²) in [5.41, 5.74) is 1.04. The predicted molar refractivity (Wildman–Crippen MR) is 70.3 cm³/mol. The highest BCUT2D eigenvalue weighted by Crippen LogP contribution is 2.32. The van der Waals surface area contributed by atoms with Gasteiger partial charge in [0.25, 0.3) is 0 Å². The molecule has 0 spiro atoms. The van der Waals surface area contributed by atoms with Crippen molar-refractivity contribution in [3.8, 4) is 0 Å². The summed E-state index contributed by atoms with van der Waals surface area (Å²) >= 11 is 0. The molecule has 1 fully saturated rings. The SMILES string of the molecule is CB(O)N1CC[C@@H](C(=O)O)[C@H](c2ccccc2)C1. The van der Waals surface area contributed by atoms with Crippen LogP contribution in [0.3, 0.4) is 0 Å². The third kappa shape index (κ3) is 2.74. The number of hydrogen-bond acceptors (Lipinski definition) is 3. The van der Waals surface area contributed by atoms with Crippen molar-refractivity contribution in [2.24, 2.45) is 5.92 Å². The number of rotatable bonds is 3. The number of piperidine rings is 1. The first-order chi connectivity index (χ1) is 8.59. The van der Waals surface area contributed by atoms with Crippen LogP contribution in [0.5, 0.6) is 0 Å². The van der Waals surface area contributed by atoms with Crippen LogP contribution in [-0.2, 0) is 4.79 Å². The fraction of sp³-hybridized carbons (Fsp3) is 0.462. The predicted octanol–water partition coefficient (Wildman–Crippen LogP) is 1.29. The second-order valence-electron chi connectivity index (χ2n) is 4.88. The largest absolute Gasteiger partial charge is 0.481 e. The molecule has 5 heteroatoms. The van der Waals surface area contributed by atoms with Crippen molar-refractivity contribution >= 4 is 13.0 Å². The molecule has 1 aliphatic heterocycles. The number of nitrogens with zero attached hydrogens (tertiary/aromatic N) is 1. The van der Waals surface area contributed by atoms with E-state index in [9.17, 15) is 14.9 Å². The van der Waals surface area contributed by atoms with Gasteiger partial charge in [-0.1, -0.05) is 30.3 Å². The fourth-order valence-electron chi connectivity index (χ4n) is 2.65. The summed E-state index contributed by atoms with van der Waals surface area (Å²) in [5.74, 6) is -1.15. The lowest BCUT2D eigenvalue weighted by Crippen LogP contribution is -2.48. The fourth-order valence-corrected chi connectivity index (χ4v) is 2.65. The Morgan fingerprint density at radius 1 is 1.39 bits per heavy atom. The molecule has 0 aromatic heterocycles. The Bertz CT molecular complexity index is 410. The first kappa shape index (κ1) is 13.1. The number of carboxylic acid groups (broad SMARTS) is 1. The highest BCUT2D eigenvalue weighted by Gasteiger charge is 2.36. The zero-order valence-electron chi connectivity index (χ0n) is 10.5. The molecule has 0 radical (unpaired) electrons. The molecule has 0 amide bonds. The van der Waals surface area contributed by atoms with Gasteiger partial charge in [-0.2, -0.15) is 0 Å². The lowest BCUT2D eigenvalue weighted by atomic mass is 9.74. The Morgan fingerprint density at radius 2 is 2.06 bits per heavy atom. The van der Waals surface area contributed by atoms with Crippen molar-refractivity contribution in [2.45, 2.75) is 19.2 Å². The van der Waals surface area contributed by atoms with E-state index in [1.165, 1.54) is 0 Å². The molecule has 0 aliphatic carbocycles. The van der Waals surface area contributed by atoms with Crippen LogP contribution in [0.4, 0.5) is 0 Å². The van der Waals surface area contributed by atoms with Gasteiger partial charge in [0.1, 0.15) is 0 Å². The maximum Gasteiger partial charge on any atom is 0.376 e. The monoisotopic (exact) mass is 247 g/mol. The van der Waals surface area contributed by atoms with Gasteiger partial charge in [0.05, 0.1) is 5.92 Å². The van der Waals surface area contributed by atoms with Gasteiger partial charge >= 0.3 is 13.0 Å². The highest BCUT2D eigenvalue weighted by atomic mass is 16.4. The zero-order chi connectivity index (χ0) is 13.1. The quantitative estimate of drug-likeness (QED) is 0.790. The molecule has 96 valence electrons. The Labute approximate surface area is 107 Å². The van der Waals surface area contributed by atoms with E-state index in [0.29, 0.717) is 19.5 Å². The minimum Gasteiger partial charge on any atom is -0.481 e. The highest BCUT2D eigenvalue weighted by molar-refractivity contribution is 6.45. The van der Waals surface area contributed by atoms with Crippen LogP contribution in [0.1, 0.15) is 17.9 Å². The standard InChI is InChI=1S/C13H18BNO3/c1-14(18)15-8-7-11(13(16)17)12(9-15)10-5-3-2-4-6-10/h2-6,11-12,18H,7-9H2,1H3,(H,16,17)/t11-,12+/m1/s1. The van der Waals surface area contributed by atoms with Crippen LogP contribution in [0, 0.1) is 5.92 Å². The van der Waals surface area contributed by atoms with E-state index in [1.54, 1.807) is 6.82 Å². The topological polar surface area (TPSA) is 60.8 Å². The molecular weight excluding hydrogens is 229 g/mol. The van der Waals surface area contributed by atoms with Crippen LogP contribution >= 0.6 is 0 Å². The minimum absolute atomic E-state index is 0.0490. The third-order valence-corrected chi connectivity index (χ3v) is 3.72. The van der Waals surface area contributed by atoms with E-state index in [1.807, 2.05) is 35.1 Å². The van der Waals surface area contributed by atoms with Gasteiger partial charge in [-0.3, -0.25) is 4.79 Å². The first-order valence-corrected chi connectivity index (χ1v) is 6.29. The number of aliphatic carboxylic acids is 1. The molecule has 2 N–H and O–H groups in total. The molecule has 1 aromatic rings. The smallest absolute Gasteiger partial charge is 0.376 e. The molecule has 2 atom stereocenters. The van der Waals surface area contributed by atoms with E-state index in [-0.39, 0.29) is 11.8 Å². The minimum atomic E-state index is -0.742. The summed E-state index contributed by atoms with van der Waals surface area (Å²) in [7, 11) is -0.522. The van der Waals surface area contributed by atoms with Crippen LogP contribution in [0.25, 0.3) is 0 Å². The van der Waals surface area contributed by atoms with Crippen molar-refractivity contribution in [1.82, 2.24) is 4.81 Å². The number of carboxylic acids is 1. The average Bonchev–Trinajstić information content (AvgIpc) is 2.39. The van der Waals surface area contributed by atoms with Crippen LogP contribution < -0.4 is 0 Å². The molecule has 4 nitrogen and oxygen atoms in total. The first-order valence-electron chi connectivity index (χ1n) is 6.29. The van der Waals surface area contributed by atoms with Gasteiger partial charge in [-0.25, -0.2) is 0 Å². The second-order valence-corrected chi connectivity index (χ2v) is 4.88. The Hall–Kier alpha value is -1.33. The van der Waals surface area contributed by atoms with E-state index in [2.05, 4.69) is 0 Å². The summed E-state index contributed by atoms with van der Waals surface area (Å²) < 4.78 is 0. The van der Waals surface area contributed by atoms with Crippen LogP contribution in [0.15, 0.2) is 30.3 Å². The van der Waals surface area contributed by atoms with Gasteiger partial charge in [-0.05, 0) is 31.9 Å². The second kappa shape index (κ2) is 5.54. The lowest BCUT2D eigenvalue weighted by molar-refractivity contribution is -0.143. The van der Waals surface area contributed by atoms with Gasteiger partial charge < -0.3 is 14.9 Å². The Kier molecular flexibility index (Phi) is 4.04. The molecule has 2 rings (SSSR count). The number of carbonyl (C=O) groups is 1. The number of benzene rings is 1. The van der Waals surface area contributed by atoms with Crippen LogP contribution in [0.2, 0.25) is 6.82 Å². The molecule has 0 unspecified atom stereocenters. The molecule has 1 heterocycles. The summed E-state index contributed by atoms with van der Waals surface area (Å²) in [5, 5.41) is 19.0. The third-order valence-electron chi connectivity index (χ3n) is 3.72. The molecule has 18 heavy (non-hydrogen) atoms. The van der Waals surface area contributed by atoms with E-state index in [4.69, 9.17) is 0 Å². The van der Waals surface area contributed by atoms with Gasteiger partial charge in [0.15, 0.2) is 0 Å². The zero-order valence-corrected chi connectivity index (χ0v) is 10.5. The Balaban J connectivity index is 2.23. The maximum absolute atomic E-state index is 11.3. The van der Waals surface area contributed by atoms with Crippen molar-refractivity contribution < 1.29 is 14.9 Å². The van der Waals surface area contributed by atoms with Crippen molar-refractivity contribution in [3.05, 3.63) is 35.9 Å². The maximum atomic E-state index is 11.3. The summed E-state index contributed by atoms with van der Waals surface area (Å²) in [6.07, 6.45) is 0.583. The van der Waals surface area contributed by atoms with Crippen molar-refractivity contribution in [3.63, 3.8) is 0 Å². The van der Waals surface area contributed by atoms with Crippen molar-refractivity contribution in [2.75, 3.05) is 13.1 Å². The summed E-state index contributed by atoms with van der Waals surface area (Å²) in [4.78, 5) is 13.3. The molecule has 1 aromatic carbocycles. The molecule has 1 aliphatic rings. The van der Waals surface area contributed by atoms with E-state index in [0.717, 1.165) is 5.56 Å². The normalized spacial score (nSPS) is 24.8. The average molecular weight is 247 g/mol. The van der Waals surface area contributed by atoms with Crippen molar-refractivity contribution in [1.29, 1.82) is 0 Å². The van der Waals surface area contributed by atoms with Gasteiger partial charge in [0.2, 0.25) is 0 Å². The summed E-state index contributed by atoms with van der Waals surface area (Å²) in [6, 6.07) is 9.71. The molecule has 0 bridgehead atoms. The van der Waals surface area contributed by atoms with Gasteiger partial charge in [0, 0.05) is 5.92 Å². The van der Waals surface area contributed by atoms with Crippen LogP contribution in [-0.4, -0.2) is 41.1 Å². The molecule has 1 saturated heterocycles. The van der Waals surface area contributed by atoms with E-state index < -0.39 is 13.0 Å².